The Hall–Kier alpha value is -0.820. The lowest BCUT2D eigenvalue weighted by Gasteiger charge is -2.35. The first kappa shape index (κ1) is 15.2. The molecule has 0 spiro atoms. The zero-order valence-electron chi connectivity index (χ0n) is 10.2. The Morgan fingerprint density at radius 1 is 1.50 bits per heavy atom. The van der Waals surface area contributed by atoms with Gasteiger partial charge < -0.3 is 9.84 Å². The van der Waals surface area contributed by atoms with Gasteiger partial charge in [-0.2, -0.15) is 13.2 Å². The maximum atomic E-state index is 11.8. The summed E-state index contributed by atoms with van der Waals surface area (Å²) in [6.45, 7) is 1.41. The average Bonchev–Trinajstić information content (AvgIpc) is 2.24. The standard InChI is InChI=1S/C11H18F3NO3/c1-8-2-3-15(9(6-8)10(16)17)4-5-18-7-11(12,13)14/h8-9H,2-7H2,1H3,(H,16,17). The number of ether oxygens (including phenoxy) is 1. The predicted octanol–water partition coefficient (Wildman–Crippen LogP) is 1.75. The predicted molar refractivity (Wildman–Crippen MR) is 58.3 cm³/mol. The number of carboxylic acid groups (broad SMARTS) is 1. The first-order chi connectivity index (χ1) is 8.29. The van der Waals surface area contributed by atoms with Crippen molar-refractivity contribution in [2.75, 3.05) is 26.3 Å². The van der Waals surface area contributed by atoms with Crippen molar-refractivity contribution in [1.82, 2.24) is 4.90 Å². The summed E-state index contributed by atoms with van der Waals surface area (Å²) in [6.07, 6.45) is -2.93. The maximum absolute atomic E-state index is 11.8. The molecule has 106 valence electrons. The van der Waals surface area contributed by atoms with E-state index in [4.69, 9.17) is 5.11 Å². The van der Waals surface area contributed by atoms with Crippen LogP contribution >= 0.6 is 0 Å². The van der Waals surface area contributed by atoms with Crippen molar-refractivity contribution < 1.29 is 27.8 Å². The Labute approximate surface area is 104 Å². The molecule has 1 fully saturated rings. The zero-order valence-corrected chi connectivity index (χ0v) is 10.2. The number of likely N-dealkylation sites (tertiary alicyclic amines) is 1. The summed E-state index contributed by atoms with van der Waals surface area (Å²) in [5.74, 6) is -0.587. The first-order valence-corrected chi connectivity index (χ1v) is 5.91. The fourth-order valence-electron chi connectivity index (χ4n) is 2.08. The molecular formula is C11H18F3NO3. The minimum atomic E-state index is -4.33. The Kier molecular flexibility index (Phi) is 5.40. The third kappa shape index (κ3) is 5.22. The van der Waals surface area contributed by atoms with Crippen LogP contribution in [0.3, 0.4) is 0 Å². The number of hydrogen-bond donors (Lipinski definition) is 1. The quantitative estimate of drug-likeness (QED) is 0.772. The van der Waals surface area contributed by atoms with Gasteiger partial charge in [0.15, 0.2) is 0 Å². The highest BCUT2D eigenvalue weighted by Gasteiger charge is 2.32. The SMILES string of the molecule is CC1CCN(CCOCC(F)(F)F)C(C(=O)O)C1. The second kappa shape index (κ2) is 6.38. The number of halogens is 3. The smallest absolute Gasteiger partial charge is 0.411 e. The molecule has 0 aromatic rings. The van der Waals surface area contributed by atoms with Crippen LogP contribution in [0.25, 0.3) is 0 Å². The van der Waals surface area contributed by atoms with Crippen molar-refractivity contribution in [1.29, 1.82) is 0 Å². The summed E-state index contributed by atoms with van der Waals surface area (Å²) < 4.78 is 40.0. The molecule has 0 aromatic carbocycles. The second-order valence-corrected chi connectivity index (χ2v) is 4.69. The normalized spacial score (nSPS) is 26.2. The van der Waals surface area contributed by atoms with Gasteiger partial charge in [0, 0.05) is 6.54 Å². The third-order valence-electron chi connectivity index (χ3n) is 3.05. The van der Waals surface area contributed by atoms with Crippen LogP contribution in [0.5, 0.6) is 0 Å². The summed E-state index contributed by atoms with van der Waals surface area (Å²) in [5, 5.41) is 9.05. The van der Waals surface area contributed by atoms with Gasteiger partial charge in [-0.15, -0.1) is 0 Å². The van der Waals surface area contributed by atoms with Gasteiger partial charge in [0.25, 0.3) is 0 Å². The van der Waals surface area contributed by atoms with Crippen molar-refractivity contribution in [3.05, 3.63) is 0 Å². The number of hydrogen-bond acceptors (Lipinski definition) is 3. The summed E-state index contributed by atoms with van der Waals surface area (Å²) in [4.78, 5) is 12.7. The first-order valence-electron chi connectivity index (χ1n) is 5.91. The molecule has 0 amide bonds. The van der Waals surface area contributed by atoms with E-state index in [1.54, 1.807) is 4.90 Å². The molecule has 0 bridgehead atoms. The van der Waals surface area contributed by atoms with E-state index < -0.39 is 24.8 Å². The fourth-order valence-corrected chi connectivity index (χ4v) is 2.08. The monoisotopic (exact) mass is 269 g/mol. The van der Waals surface area contributed by atoms with Crippen LogP contribution in [0.1, 0.15) is 19.8 Å². The molecule has 18 heavy (non-hydrogen) atoms. The largest absolute Gasteiger partial charge is 0.480 e. The number of rotatable bonds is 5. The number of carboxylic acids is 1. The molecule has 7 heteroatoms. The van der Waals surface area contributed by atoms with E-state index in [0.717, 1.165) is 6.42 Å². The Balaban J connectivity index is 2.33. The van der Waals surface area contributed by atoms with Crippen molar-refractivity contribution in [3.63, 3.8) is 0 Å². The van der Waals surface area contributed by atoms with Gasteiger partial charge in [0.2, 0.25) is 0 Å². The third-order valence-corrected chi connectivity index (χ3v) is 3.05. The van der Waals surface area contributed by atoms with E-state index >= 15 is 0 Å². The molecule has 1 saturated heterocycles. The van der Waals surface area contributed by atoms with E-state index in [1.165, 1.54) is 0 Å². The molecule has 1 heterocycles. The van der Waals surface area contributed by atoms with E-state index in [-0.39, 0.29) is 13.2 Å². The minimum Gasteiger partial charge on any atom is -0.480 e. The zero-order chi connectivity index (χ0) is 13.8. The summed E-state index contributed by atoms with van der Waals surface area (Å²) in [7, 11) is 0. The van der Waals surface area contributed by atoms with Crippen LogP contribution in [-0.4, -0.2) is 54.5 Å². The molecule has 2 atom stereocenters. The minimum absolute atomic E-state index is 0.0995. The fraction of sp³-hybridized carbons (Fsp3) is 0.909. The van der Waals surface area contributed by atoms with Crippen LogP contribution in [-0.2, 0) is 9.53 Å². The number of piperidine rings is 1. The van der Waals surface area contributed by atoms with Gasteiger partial charge in [-0.1, -0.05) is 6.92 Å². The van der Waals surface area contributed by atoms with Crippen molar-refractivity contribution in [2.45, 2.75) is 32.0 Å². The molecule has 1 aliphatic heterocycles. The number of alkyl halides is 3. The Morgan fingerprint density at radius 3 is 2.72 bits per heavy atom. The molecule has 2 unspecified atom stereocenters. The van der Waals surface area contributed by atoms with Crippen LogP contribution in [0, 0.1) is 5.92 Å². The molecule has 0 radical (unpaired) electrons. The van der Waals surface area contributed by atoms with Gasteiger partial charge >= 0.3 is 12.1 Å². The lowest BCUT2D eigenvalue weighted by molar-refractivity contribution is -0.175. The lowest BCUT2D eigenvalue weighted by atomic mass is 9.92. The van der Waals surface area contributed by atoms with Crippen molar-refractivity contribution in [3.8, 4) is 0 Å². The summed E-state index contributed by atoms with van der Waals surface area (Å²) in [5.41, 5.74) is 0. The average molecular weight is 269 g/mol. The van der Waals surface area contributed by atoms with Crippen LogP contribution in [0.15, 0.2) is 0 Å². The van der Waals surface area contributed by atoms with Gasteiger partial charge in [-0.3, -0.25) is 9.69 Å². The molecule has 0 saturated carbocycles. The summed E-state index contributed by atoms with van der Waals surface area (Å²) in [6, 6.07) is -0.608. The molecule has 4 nitrogen and oxygen atoms in total. The molecule has 1 rings (SSSR count). The highest BCUT2D eigenvalue weighted by molar-refractivity contribution is 5.73. The van der Waals surface area contributed by atoms with E-state index in [0.29, 0.717) is 18.9 Å². The lowest BCUT2D eigenvalue weighted by Crippen LogP contribution is -2.48. The van der Waals surface area contributed by atoms with E-state index in [9.17, 15) is 18.0 Å². The van der Waals surface area contributed by atoms with Gasteiger partial charge in [0.05, 0.1) is 6.61 Å². The topological polar surface area (TPSA) is 49.8 Å². The number of aliphatic carboxylic acids is 1. The molecule has 1 N–H and O–H groups in total. The number of nitrogens with zero attached hydrogens (tertiary/aromatic N) is 1. The molecule has 0 aromatic heterocycles. The van der Waals surface area contributed by atoms with Crippen molar-refractivity contribution >= 4 is 5.97 Å². The van der Waals surface area contributed by atoms with Crippen LogP contribution < -0.4 is 0 Å². The van der Waals surface area contributed by atoms with Gasteiger partial charge in [-0.25, -0.2) is 0 Å². The Morgan fingerprint density at radius 2 is 2.17 bits per heavy atom. The molecular weight excluding hydrogens is 251 g/mol. The van der Waals surface area contributed by atoms with Gasteiger partial charge in [-0.05, 0) is 25.3 Å². The summed E-state index contributed by atoms with van der Waals surface area (Å²) >= 11 is 0. The molecule has 1 aliphatic rings. The number of carbonyl (C=O) groups is 1. The van der Waals surface area contributed by atoms with Crippen LogP contribution in [0.4, 0.5) is 13.2 Å². The van der Waals surface area contributed by atoms with Crippen LogP contribution in [0.2, 0.25) is 0 Å². The maximum Gasteiger partial charge on any atom is 0.411 e. The molecule has 0 aliphatic carbocycles. The second-order valence-electron chi connectivity index (χ2n) is 4.69. The van der Waals surface area contributed by atoms with E-state index in [1.807, 2.05) is 6.92 Å². The highest BCUT2D eigenvalue weighted by atomic mass is 19.4. The van der Waals surface area contributed by atoms with Crippen molar-refractivity contribution in [2.24, 2.45) is 5.92 Å². The Bertz CT molecular complexity index is 283. The van der Waals surface area contributed by atoms with Gasteiger partial charge in [0.1, 0.15) is 12.6 Å². The van der Waals surface area contributed by atoms with E-state index in [2.05, 4.69) is 4.74 Å². The highest BCUT2D eigenvalue weighted by Crippen LogP contribution is 2.22.